The largest absolute Gasteiger partial charge is 0.497 e. The molecule has 112 valence electrons. The minimum atomic E-state index is 0.650. The van der Waals surface area contributed by atoms with E-state index in [4.69, 9.17) is 4.74 Å². The molecule has 0 saturated heterocycles. The molecule has 0 amide bonds. The van der Waals surface area contributed by atoms with E-state index >= 15 is 0 Å². The molecule has 1 aromatic rings. The van der Waals surface area contributed by atoms with E-state index in [2.05, 4.69) is 36.3 Å². The number of benzene rings is 1. The van der Waals surface area contributed by atoms with Crippen molar-refractivity contribution in [3.8, 4) is 5.75 Å². The second-order valence-electron chi connectivity index (χ2n) is 5.78. The van der Waals surface area contributed by atoms with Crippen LogP contribution in [0.1, 0.15) is 38.2 Å². The Morgan fingerprint density at radius 1 is 1.20 bits per heavy atom. The highest BCUT2D eigenvalue weighted by atomic mass is 16.5. The van der Waals surface area contributed by atoms with Crippen molar-refractivity contribution in [3.05, 3.63) is 29.8 Å². The smallest absolute Gasteiger partial charge is 0.118 e. The fourth-order valence-electron chi connectivity index (χ4n) is 3.28. The molecule has 1 aliphatic carbocycles. The molecule has 0 spiro atoms. The van der Waals surface area contributed by atoms with Crippen LogP contribution in [0.4, 0.5) is 0 Å². The molecule has 2 rings (SSSR count). The second-order valence-corrected chi connectivity index (χ2v) is 5.78. The number of nitrogens with zero attached hydrogens (tertiary/aromatic N) is 1. The van der Waals surface area contributed by atoms with Crippen LogP contribution in [0.5, 0.6) is 5.75 Å². The summed E-state index contributed by atoms with van der Waals surface area (Å²) in [6.07, 6.45) is 5.35. The van der Waals surface area contributed by atoms with Crippen LogP contribution in [0.15, 0.2) is 24.3 Å². The highest BCUT2D eigenvalue weighted by Gasteiger charge is 2.27. The zero-order chi connectivity index (χ0) is 14.4. The average Bonchev–Trinajstić information content (AvgIpc) is 2.49. The van der Waals surface area contributed by atoms with Gasteiger partial charge in [0.05, 0.1) is 7.11 Å². The molecule has 0 aliphatic heterocycles. The highest BCUT2D eigenvalue weighted by Crippen LogP contribution is 2.24. The van der Waals surface area contributed by atoms with Gasteiger partial charge in [0.25, 0.3) is 0 Å². The molecule has 1 aromatic carbocycles. The number of rotatable bonds is 6. The molecule has 1 fully saturated rings. The van der Waals surface area contributed by atoms with Crippen LogP contribution >= 0.6 is 0 Å². The standard InChI is InChI=1S/C17H28N2O/c1-4-18-16-7-5-6-8-17(16)19(2)13-14-9-11-15(20-3)12-10-14/h9-12,16-18H,4-8,13H2,1-3H3. The van der Waals surface area contributed by atoms with Gasteiger partial charge in [-0.2, -0.15) is 0 Å². The molecule has 0 bridgehead atoms. The number of methoxy groups -OCH3 is 1. The van der Waals surface area contributed by atoms with Gasteiger partial charge in [-0.05, 0) is 44.1 Å². The third kappa shape index (κ3) is 3.97. The SMILES string of the molecule is CCNC1CCCCC1N(C)Cc1ccc(OC)cc1. The lowest BCUT2D eigenvalue weighted by atomic mass is 9.89. The summed E-state index contributed by atoms with van der Waals surface area (Å²) < 4.78 is 5.22. The maximum absolute atomic E-state index is 5.22. The van der Waals surface area contributed by atoms with E-state index < -0.39 is 0 Å². The third-order valence-electron chi connectivity index (χ3n) is 4.35. The van der Waals surface area contributed by atoms with Crippen LogP contribution < -0.4 is 10.1 Å². The Morgan fingerprint density at radius 3 is 2.55 bits per heavy atom. The molecule has 1 saturated carbocycles. The maximum Gasteiger partial charge on any atom is 0.118 e. The van der Waals surface area contributed by atoms with Gasteiger partial charge in [0.1, 0.15) is 5.75 Å². The summed E-state index contributed by atoms with van der Waals surface area (Å²) in [6.45, 7) is 4.28. The third-order valence-corrected chi connectivity index (χ3v) is 4.35. The maximum atomic E-state index is 5.22. The Labute approximate surface area is 123 Å². The van der Waals surface area contributed by atoms with E-state index in [-0.39, 0.29) is 0 Å². The van der Waals surface area contributed by atoms with Gasteiger partial charge in [-0.1, -0.05) is 31.9 Å². The molecular formula is C17H28N2O. The van der Waals surface area contributed by atoms with Crippen molar-refractivity contribution in [2.24, 2.45) is 0 Å². The van der Waals surface area contributed by atoms with Crippen molar-refractivity contribution in [3.63, 3.8) is 0 Å². The van der Waals surface area contributed by atoms with E-state index in [9.17, 15) is 0 Å². The Bertz CT molecular complexity index is 388. The van der Waals surface area contributed by atoms with Gasteiger partial charge in [-0.15, -0.1) is 0 Å². The van der Waals surface area contributed by atoms with E-state index in [1.807, 2.05) is 12.1 Å². The second kappa shape index (κ2) is 7.65. The summed E-state index contributed by atoms with van der Waals surface area (Å²) in [5, 5.41) is 3.66. The van der Waals surface area contributed by atoms with Gasteiger partial charge < -0.3 is 10.1 Å². The van der Waals surface area contributed by atoms with Gasteiger partial charge in [0.2, 0.25) is 0 Å². The normalized spacial score (nSPS) is 23.0. The Balaban J connectivity index is 1.96. The number of nitrogens with one attached hydrogen (secondary N) is 1. The van der Waals surface area contributed by atoms with Crippen LogP contribution in [-0.4, -0.2) is 37.7 Å². The number of hydrogen-bond donors (Lipinski definition) is 1. The predicted octanol–water partition coefficient (Wildman–Crippen LogP) is 3.05. The van der Waals surface area contributed by atoms with Crippen molar-refractivity contribution in [2.45, 2.75) is 51.2 Å². The Morgan fingerprint density at radius 2 is 1.90 bits per heavy atom. The van der Waals surface area contributed by atoms with Crippen LogP contribution in [0.25, 0.3) is 0 Å². The Hall–Kier alpha value is -1.06. The predicted molar refractivity (Wildman–Crippen MR) is 84.2 cm³/mol. The van der Waals surface area contributed by atoms with Crippen molar-refractivity contribution < 1.29 is 4.74 Å². The number of ether oxygens (including phenoxy) is 1. The first-order chi connectivity index (χ1) is 9.74. The lowest BCUT2D eigenvalue weighted by molar-refractivity contribution is 0.144. The fourth-order valence-corrected chi connectivity index (χ4v) is 3.28. The molecule has 0 aromatic heterocycles. The van der Waals surface area contributed by atoms with Crippen molar-refractivity contribution in [1.29, 1.82) is 0 Å². The van der Waals surface area contributed by atoms with E-state index in [1.54, 1.807) is 7.11 Å². The topological polar surface area (TPSA) is 24.5 Å². The summed E-state index contributed by atoms with van der Waals surface area (Å²) in [7, 11) is 3.97. The van der Waals surface area contributed by atoms with Crippen LogP contribution in [0.2, 0.25) is 0 Å². The van der Waals surface area contributed by atoms with Gasteiger partial charge >= 0.3 is 0 Å². The molecule has 3 heteroatoms. The van der Waals surface area contributed by atoms with Crippen LogP contribution in [-0.2, 0) is 6.54 Å². The van der Waals surface area contributed by atoms with Gasteiger partial charge in [-0.25, -0.2) is 0 Å². The van der Waals surface area contributed by atoms with Crippen molar-refractivity contribution >= 4 is 0 Å². The van der Waals surface area contributed by atoms with E-state index in [1.165, 1.54) is 31.2 Å². The quantitative estimate of drug-likeness (QED) is 0.864. The molecule has 2 unspecified atom stereocenters. The molecular weight excluding hydrogens is 248 g/mol. The average molecular weight is 276 g/mol. The molecule has 20 heavy (non-hydrogen) atoms. The molecule has 1 aliphatic rings. The summed E-state index contributed by atoms with van der Waals surface area (Å²) >= 11 is 0. The lowest BCUT2D eigenvalue weighted by Crippen LogP contribution is -2.50. The molecule has 1 N–H and O–H groups in total. The molecule has 3 nitrogen and oxygen atoms in total. The van der Waals surface area contributed by atoms with Gasteiger partial charge in [0.15, 0.2) is 0 Å². The minimum Gasteiger partial charge on any atom is -0.497 e. The molecule has 0 heterocycles. The van der Waals surface area contributed by atoms with Crippen molar-refractivity contribution in [1.82, 2.24) is 10.2 Å². The summed E-state index contributed by atoms with van der Waals surface area (Å²) in [6, 6.07) is 9.74. The zero-order valence-electron chi connectivity index (χ0n) is 13.1. The summed E-state index contributed by atoms with van der Waals surface area (Å²) in [4.78, 5) is 2.51. The number of hydrogen-bond acceptors (Lipinski definition) is 3. The summed E-state index contributed by atoms with van der Waals surface area (Å²) in [5.41, 5.74) is 1.36. The van der Waals surface area contributed by atoms with E-state index in [0.717, 1.165) is 18.8 Å². The highest BCUT2D eigenvalue weighted by molar-refractivity contribution is 5.27. The van der Waals surface area contributed by atoms with Crippen LogP contribution in [0, 0.1) is 0 Å². The fraction of sp³-hybridized carbons (Fsp3) is 0.647. The van der Waals surface area contributed by atoms with Crippen molar-refractivity contribution in [2.75, 3.05) is 20.7 Å². The first-order valence-corrected chi connectivity index (χ1v) is 7.81. The van der Waals surface area contributed by atoms with E-state index in [0.29, 0.717) is 12.1 Å². The lowest BCUT2D eigenvalue weighted by Gasteiger charge is -2.38. The minimum absolute atomic E-state index is 0.650. The first kappa shape index (κ1) is 15.3. The number of likely N-dealkylation sites (N-methyl/N-ethyl adjacent to an activating group) is 2. The summed E-state index contributed by atoms with van der Waals surface area (Å²) in [5.74, 6) is 0.930. The first-order valence-electron chi connectivity index (χ1n) is 7.81. The van der Waals surface area contributed by atoms with Gasteiger partial charge in [0, 0.05) is 18.6 Å². The molecule has 0 radical (unpaired) electrons. The zero-order valence-corrected chi connectivity index (χ0v) is 13.1. The van der Waals surface area contributed by atoms with Crippen LogP contribution in [0.3, 0.4) is 0 Å². The Kier molecular flexibility index (Phi) is 5.86. The van der Waals surface area contributed by atoms with Gasteiger partial charge in [-0.3, -0.25) is 4.90 Å². The monoisotopic (exact) mass is 276 g/mol. The molecule has 2 atom stereocenters.